The maximum Gasteiger partial charge on any atom is 0.348 e. The molecule has 0 radical (unpaired) electrons. The third kappa shape index (κ3) is 9.21. The van der Waals surface area contributed by atoms with Crippen LogP contribution in [0.3, 0.4) is 0 Å². The van der Waals surface area contributed by atoms with Crippen molar-refractivity contribution >= 4 is 47.7 Å². The molecule has 14 heteroatoms. The summed E-state index contributed by atoms with van der Waals surface area (Å²) in [6, 6.07) is 10.7. The fraction of sp³-hybridized carbons (Fsp3) is 0.457. The standard InChI is InChI=1S/C35H42N2O12/c1-18(2)27-33(44)47-24(16-21-12-9-8-10-13-21)29(40)35(6,7)34(45)49-28(19(3)4)32(43)46-20(5)25(31(42)48-27)37-30(41)22-14-11-15-23(26(22)39)36-17-38/h8-15,17-20,24-25,27-28,39H,16H2,1-7H3,(H,36,38)(H,37,41)/t20-,24-,25+,27+,28+/m1/s1. The van der Waals surface area contributed by atoms with E-state index in [1.54, 1.807) is 58.0 Å². The SMILES string of the molecule is CC(C)[C@@H]1OC(=O)[C@@H](NC(=O)c2cccc(NC=O)c2O)[C@@H](C)OC(=O)[C@H](C(C)C)OC(=O)C(C)(C)C(=O)[C@@H](Cc2ccccc2)OC1=O. The van der Waals surface area contributed by atoms with Crippen LogP contribution in [0, 0.1) is 17.3 Å². The van der Waals surface area contributed by atoms with Crippen molar-refractivity contribution in [3.05, 3.63) is 59.7 Å². The number of hydrogen-bond acceptors (Lipinski definition) is 12. The van der Waals surface area contributed by atoms with E-state index in [0.29, 0.717) is 5.56 Å². The number of carbonyl (C=O) groups is 7. The van der Waals surface area contributed by atoms with Crippen molar-refractivity contribution in [2.75, 3.05) is 5.32 Å². The number of hydrogen-bond donors (Lipinski definition) is 3. The van der Waals surface area contributed by atoms with Gasteiger partial charge >= 0.3 is 23.9 Å². The first-order valence-corrected chi connectivity index (χ1v) is 15.7. The second kappa shape index (κ2) is 16.2. The summed E-state index contributed by atoms with van der Waals surface area (Å²) in [5.74, 6) is -8.34. The lowest BCUT2D eigenvalue weighted by molar-refractivity contribution is -0.182. The Bertz CT molecular complexity index is 1570. The van der Waals surface area contributed by atoms with E-state index in [2.05, 4.69) is 10.6 Å². The average Bonchev–Trinajstić information content (AvgIpc) is 3.04. The van der Waals surface area contributed by atoms with Crippen LogP contribution in [0.4, 0.5) is 5.69 Å². The lowest BCUT2D eigenvalue weighted by atomic mass is 9.83. The molecule has 5 atom stereocenters. The number of anilines is 1. The molecule has 0 bridgehead atoms. The van der Waals surface area contributed by atoms with E-state index >= 15 is 0 Å². The highest BCUT2D eigenvalue weighted by Crippen LogP contribution is 2.29. The molecule has 0 spiro atoms. The van der Waals surface area contributed by atoms with Gasteiger partial charge in [0.1, 0.15) is 11.5 Å². The number of nitrogens with one attached hydrogen (secondary N) is 2. The first-order valence-electron chi connectivity index (χ1n) is 15.7. The molecule has 1 fully saturated rings. The Hall–Kier alpha value is -5.27. The molecule has 0 aromatic heterocycles. The minimum Gasteiger partial charge on any atom is -0.505 e. The summed E-state index contributed by atoms with van der Waals surface area (Å²) < 4.78 is 22.3. The number of esters is 4. The van der Waals surface area contributed by atoms with Crippen LogP contribution in [0.1, 0.15) is 64.4 Å². The maximum atomic E-state index is 13.9. The number of benzene rings is 2. The highest BCUT2D eigenvalue weighted by molar-refractivity contribution is 6.06. The van der Waals surface area contributed by atoms with Gasteiger partial charge < -0.3 is 34.7 Å². The van der Waals surface area contributed by atoms with Crippen molar-refractivity contribution in [2.45, 2.75) is 85.3 Å². The Kier molecular flexibility index (Phi) is 12.6. The number of phenols is 1. The summed E-state index contributed by atoms with van der Waals surface area (Å²) in [6.45, 7) is 10.1. The lowest BCUT2D eigenvalue weighted by Crippen LogP contribution is -2.52. The number of cyclic esters (lactones) is 4. The minimum absolute atomic E-state index is 0.0986. The molecule has 14 nitrogen and oxygen atoms in total. The first kappa shape index (κ1) is 38.2. The molecule has 0 saturated carbocycles. The molecular formula is C35H42N2O12. The van der Waals surface area contributed by atoms with Gasteiger partial charge in [0.05, 0.1) is 11.3 Å². The summed E-state index contributed by atoms with van der Waals surface area (Å²) in [5, 5.41) is 15.2. The van der Waals surface area contributed by atoms with Gasteiger partial charge in [0.15, 0.2) is 23.7 Å². The van der Waals surface area contributed by atoms with Crippen LogP contribution in [0.15, 0.2) is 48.5 Å². The number of ketones is 1. The van der Waals surface area contributed by atoms with Crippen molar-refractivity contribution in [1.82, 2.24) is 5.32 Å². The van der Waals surface area contributed by atoms with Crippen LogP contribution < -0.4 is 10.6 Å². The van der Waals surface area contributed by atoms with Crippen LogP contribution in [-0.2, 0) is 54.1 Å². The fourth-order valence-corrected chi connectivity index (χ4v) is 4.91. The Morgan fingerprint density at radius 1 is 0.837 bits per heavy atom. The number of carbonyl (C=O) groups excluding carboxylic acids is 7. The van der Waals surface area contributed by atoms with Gasteiger partial charge in [-0.3, -0.25) is 19.2 Å². The van der Waals surface area contributed by atoms with Gasteiger partial charge in [-0.25, -0.2) is 14.4 Å². The zero-order valence-corrected chi connectivity index (χ0v) is 28.4. The number of ether oxygens (including phenoxy) is 4. The van der Waals surface area contributed by atoms with Crippen molar-refractivity contribution in [3.8, 4) is 5.75 Å². The normalized spacial score (nSPS) is 23.7. The summed E-state index contributed by atoms with van der Waals surface area (Å²) in [6.07, 6.45) is -6.02. The molecule has 49 heavy (non-hydrogen) atoms. The summed E-state index contributed by atoms with van der Waals surface area (Å²) >= 11 is 0. The molecule has 1 heterocycles. The Labute approximate surface area is 283 Å². The first-order chi connectivity index (χ1) is 23.0. The maximum absolute atomic E-state index is 13.9. The van der Waals surface area contributed by atoms with E-state index in [0.717, 1.165) is 0 Å². The van der Waals surface area contributed by atoms with Crippen LogP contribution in [0.2, 0.25) is 0 Å². The molecule has 0 unspecified atom stereocenters. The molecule has 1 saturated heterocycles. The molecule has 0 aliphatic carbocycles. The van der Waals surface area contributed by atoms with Gasteiger partial charge in [-0.1, -0.05) is 64.1 Å². The van der Waals surface area contributed by atoms with E-state index in [1.165, 1.54) is 39.0 Å². The van der Waals surface area contributed by atoms with E-state index in [1.807, 2.05) is 0 Å². The molecule has 1 aliphatic heterocycles. The van der Waals surface area contributed by atoms with E-state index in [4.69, 9.17) is 18.9 Å². The van der Waals surface area contributed by atoms with Crippen molar-refractivity contribution in [2.24, 2.45) is 17.3 Å². The lowest BCUT2D eigenvalue weighted by Gasteiger charge is -2.30. The molecule has 3 N–H and O–H groups in total. The summed E-state index contributed by atoms with van der Waals surface area (Å²) in [4.78, 5) is 92.6. The van der Waals surface area contributed by atoms with Crippen molar-refractivity contribution < 1.29 is 57.6 Å². The zero-order valence-electron chi connectivity index (χ0n) is 28.4. The molecule has 1 aliphatic rings. The number of para-hydroxylation sites is 1. The van der Waals surface area contributed by atoms with E-state index in [-0.39, 0.29) is 24.1 Å². The Morgan fingerprint density at radius 2 is 1.43 bits per heavy atom. The van der Waals surface area contributed by atoms with Gasteiger partial charge in [0, 0.05) is 18.3 Å². The number of amides is 2. The Balaban J connectivity index is 2.10. The second-order valence-corrected chi connectivity index (χ2v) is 12.8. The predicted octanol–water partition coefficient (Wildman–Crippen LogP) is 2.89. The third-order valence-electron chi connectivity index (χ3n) is 7.90. The van der Waals surface area contributed by atoms with Crippen LogP contribution in [0.25, 0.3) is 0 Å². The van der Waals surface area contributed by atoms with Crippen LogP contribution in [-0.4, -0.2) is 77.5 Å². The molecule has 2 aromatic rings. The molecular weight excluding hydrogens is 640 g/mol. The summed E-state index contributed by atoms with van der Waals surface area (Å²) in [7, 11) is 0. The quantitative estimate of drug-likeness (QED) is 0.121. The van der Waals surface area contributed by atoms with Gasteiger partial charge in [-0.05, 0) is 38.5 Å². The third-order valence-corrected chi connectivity index (χ3v) is 7.90. The van der Waals surface area contributed by atoms with Gasteiger partial charge in [0.25, 0.3) is 5.91 Å². The fourth-order valence-electron chi connectivity index (χ4n) is 4.91. The smallest absolute Gasteiger partial charge is 0.348 e. The largest absolute Gasteiger partial charge is 0.505 e. The van der Waals surface area contributed by atoms with Crippen LogP contribution in [0.5, 0.6) is 5.75 Å². The highest BCUT2D eigenvalue weighted by atomic mass is 16.6. The second-order valence-electron chi connectivity index (χ2n) is 12.8. The van der Waals surface area contributed by atoms with E-state index < -0.39 is 89.0 Å². The van der Waals surface area contributed by atoms with Crippen LogP contribution >= 0.6 is 0 Å². The van der Waals surface area contributed by atoms with Gasteiger partial charge in [-0.15, -0.1) is 0 Å². The molecule has 2 amide bonds. The number of rotatable bonds is 8. The minimum atomic E-state index is -1.91. The molecule has 2 aromatic carbocycles. The number of phenolic OH excluding ortho intramolecular Hbond substituents is 1. The average molecular weight is 683 g/mol. The number of aromatic hydroxyl groups is 1. The van der Waals surface area contributed by atoms with Crippen molar-refractivity contribution in [3.63, 3.8) is 0 Å². The van der Waals surface area contributed by atoms with Crippen molar-refractivity contribution in [1.29, 1.82) is 0 Å². The molecule has 3 rings (SSSR count). The van der Waals surface area contributed by atoms with Gasteiger partial charge in [-0.2, -0.15) is 0 Å². The predicted molar refractivity (Wildman–Crippen MR) is 173 cm³/mol. The number of Topliss-reactive ketones (excluding diaryl/α,β-unsaturated/α-hetero) is 1. The topological polar surface area (TPSA) is 201 Å². The Morgan fingerprint density at radius 3 is 2.02 bits per heavy atom. The highest BCUT2D eigenvalue weighted by Gasteiger charge is 2.47. The van der Waals surface area contributed by atoms with E-state index in [9.17, 15) is 38.7 Å². The molecule has 264 valence electrons. The zero-order chi connectivity index (χ0) is 36.6. The monoisotopic (exact) mass is 682 g/mol. The van der Waals surface area contributed by atoms with Gasteiger partial charge in [0.2, 0.25) is 18.6 Å². The summed E-state index contributed by atoms with van der Waals surface area (Å²) in [5.41, 5.74) is -1.76.